The average molecular weight is 347 g/mol. The Hall–Kier alpha value is -2.57. The first kappa shape index (κ1) is 20.5. The third-order valence-corrected chi connectivity index (χ3v) is 4.04. The summed E-state index contributed by atoms with van der Waals surface area (Å²) in [5, 5.41) is 9.04. The summed E-state index contributed by atoms with van der Waals surface area (Å²) in [4.78, 5) is 26.7. The number of aliphatic imine (C=N–C) groups is 1. The Morgan fingerprint density at radius 1 is 1.08 bits per heavy atom. The van der Waals surface area contributed by atoms with Crippen LogP contribution in [-0.2, 0) is 11.3 Å². The van der Waals surface area contributed by atoms with Crippen molar-refractivity contribution < 1.29 is 9.59 Å². The van der Waals surface area contributed by atoms with Crippen molar-refractivity contribution in [2.24, 2.45) is 16.6 Å². The van der Waals surface area contributed by atoms with Gasteiger partial charge in [-0.1, -0.05) is 38.8 Å². The lowest BCUT2D eigenvalue weighted by Crippen LogP contribution is -2.39. The highest BCUT2D eigenvalue weighted by Gasteiger charge is 2.07. The second kappa shape index (κ2) is 11.1. The highest BCUT2D eigenvalue weighted by molar-refractivity contribution is 5.96. The van der Waals surface area contributed by atoms with E-state index in [9.17, 15) is 9.59 Å². The van der Waals surface area contributed by atoms with E-state index in [-0.39, 0.29) is 12.5 Å². The van der Waals surface area contributed by atoms with Crippen LogP contribution in [0.1, 0.15) is 42.6 Å². The van der Waals surface area contributed by atoms with E-state index >= 15 is 0 Å². The normalized spacial score (nSPS) is 11.3. The number of hydrogen-bond acceptors (Lipinski definition) is 3. The number of nitrogens with zero attached hydrogens (tertiary/aromatic N) is 1. The van der Waals surface area contributed by atoms with E-state index in [0.29, 0.717) is 18.0 Å². The van der Waals surface area contributed by atoms with E-state index in [1.165, 1.54) is 0 Å². The van der Waals surface area contributed by atoms with E-state index in [2.05, 4.69) is 34.8 Å². The van der Waals surface area contributed by atoms with Crippen LogP contribution in [-0.4, -0.2) is 37.9 Å². The Labute approximate surface area is 149 Å². The molecule has 7 heteroatoms. The molecule has 1 aromatic carbocycles. The summed E-state index contributed by atoms with van der Waals surface area (Å²) in [5.74, 6) is 0.509. The van der Waals surface area contributed by atoms with Gasteiger partial charge in [0.2, 0.25) is 5.91 Å². The first-order valence-electron chi connectivity index (χ1n) is 8.60. The molecule has 2 amide bonds. The van der Waals surface area contributed by atoms with Gasteiger partial charge in [-0.25, -0.2) is 0 Å². The highest BCUT2D eigenvalue weighted by Crippen LogP contribution is 2.06. The van der Waals surface area contributed by atoms with Crippen molar-refractivity contribution >= 4 is 17.8 Å². The minimum Gasteiger partial charge on any atom is -0.368 e. The molecule has 0 aliphatic rings. The zero-order valence-electron chi connectivity index (χ0n) is 15.3. The number of rotatable bonds is 9. The van der Waals surface area contributed by atoms with Gasteiger partial charge in [-0.05, 0) is 23.6 Å². The third-order valence-electron chi connectivity index (χ3n) is 4.04. The zero-order chi connectivity index (χ0) is 18.7. The van der Waals surface area contributed by atoms with Gasteiger partial charge in [0.25, 0.3) is 5.91 Å². The summed E-state index contributed by atoms with van der Waals surface area (Å²) < 4.78 is 0. The lowest BCUT2D eigenvalue weighted by Gasteiger charge is -2.16. The van der Waals surface area contributed by atoms with Crippen LogP contribution in [0, 0.1) is 5.92 Å². The molecule has 0 aliphatic heterocycles. The molecule has 0 saturated heterocycles. The van der Waals surface area contributed by atoms with Crippen LogP contribution in [0.4, 0.5) is 0 Å². The lowest BCUT2D eigenvalue weighted by molar-refractivity contribution is -0.117. The molecule has 0 radical (unpaired) electrons. The number of primary amides is 1. The fourth-order valence-corrected chi connectivity index (χ4v) is 2.27. The fraction of sp³-hybridized carbons (Fsp3) is 0.500. The largest absolute Gasteiger partial charge is 0.368 e. The molecule has 0 aliphatic carbocycles. The smallest absolute Gasteiger partial charge is 0.251 e. The van der Waals surface area contributed by atoms with E-state index in [4.69, 9.17) is 5.73 Å². The van der Waals surface area contributed by atoms with Crippen molar-refractivity contribution in [3.63, 3.8) is 0 Å². The first-order valence-corrected chi connectivity index (χ1v) is 8.60. The molecular weight excluding hydrogens is 318 g/mol. The Bertz CT molecular complexity index is 580. The van der Waals surface area contributed by atoms with Crippen LogP contribution in [0.5, 0.6) is 0 Å². The summed E-state index contributed by atoms with van der Waals surface area (Å²) in [6, 6.07) is 7.15. The van der Waals surface area contributed by atoms with Crippen LogP contribution in [0.3, 0.4) is 0 Å². The number of carbonyl (C=O) groups excluding carboxylic acids is 2. The standard InChI is InChI=1S/C18H29N5O2/c1-4-13(5-2)10-22-18(20-3)23-11-14-6-8-15(9-7-14)17(25)21-12-16(19)24/h6-9,13H,4-5,10-12H2,1-3H3,(H2,19,24)(H,21,25)(H2,20,22,23). The van der Waals surface area contributed by atoms with Crippen molar-refractivity contribution in [3.8, 4) is 0 Å². The quantitative estimate of drug-likeness (QED) is 0.395. The molecule has 0 unspecified atom stereocenters. The van der Waals surface area contributed by atoms with Crippen LogP contribution in [0.15, 0.2) is 29.3 Å². The first-order chi connectivity index (χ1) is 12.0. The molecule has 1 rings (SSSR count). The van der Waals surface area contributed by atoms with Gasteiger partial charge < -0.3 is 21.7 Å². The predicted octanol–water partition coefficient (Wildman–Crippen LogP) is 1.00. The fourth-order valence-electron chi connectivity index (χ4n) is 2.27. The molecule has 0 atom stereocenters. The van der Waals surface area contributed by atoms with Crippen molar-refractivity contribution in [1.82, 2.24) is 16.0 Å². The number of amides is 2. The molecule has 0 heterocycles. The van der Waals surface area contributed by atoms with Gasteiger partial charge in [0.15, 0.2) is 5.96 Å². The molecule has 25 heavy (non-hydrogen) atoms. The number of hydrogen-bond donors (Lipinski definition) is 4. The molecule has 0 fully saturated rings. The van der Waals surface area contributed by atoms with Gasteiger partial charge in [-0.3, -0.25) is 14.6 Å². The number of nitrogens with one attached hydrogen (secondary N) is 3. The minimum absolute atomic E-state index is 0.166. The Morgan fingerprint density at radius 3 is 2.24 bits per heavy atom. The molecule has 0 bridgehead atoms. The van der Waals surface area contributed by atoms with Gasteiger partial charge in [0.05, 0.1) is 6.54 Å². The highest BCUT2D eigenvalue weighted by atomic mass is 16.2. The number of guanidine groups is 1. The molecule has 0 aromatic heterocycles. The molecule has 1 aromatic rings. The average Bonchev–Trinajstić information content (AvgIpc) is 2.63. The Morgan fingerprint density at radius 2 is 1.72 bits per heavy atom. The predicted molar refractivity (Wildman–Crippen MR) is 100 cm³/mol. The maximum absolute atomic E-state index is 11.8. The topological polar surface area (TPSA) is 109 Å². The van der Waals surface area contributed by atoms with Crippen molar-refractivity contribution in [1.29, 1.82) is 0 Å². The molecule has 5 N–H and O–H groups in total. The summed E-state index contributed by atoms with van der Waals surface area (Å²) >= 11 is 0. The molecule has 0 spiro atoms. The number of carbonyl (C=O) groups is 2. The summed E-state index contributed by atoms with van der Waals surface area (Å²) in [5.41, 5.74) is 6.52. The van der Waals surface area contributed by atoms with E-state index in [0.717, 1.165) is 30.9 Å². The van der Waals surface area contributed by atoms with Gasteiger partial charge in [0, 0.05) is 25.7 Å². The molecular formula is C18H29N5O2. The van der Waals surface area contributed by atoms with Crippen LogP contribution < -0.4 is 21.7 Å². The number of nitrogens with two attached hydrogens (primary N) is 1. The van der Waals surface area contributed by atoms with Crippen LogP contribution in [0.25, 0.3) is 0 Å². The monoisotopic (exact) mass is 347 g/mol. The maximum Gasteiger partial charge on any atom is 0.251 e. The van der Waals surface area contributed by atoms with Gasteiger partial charge >= 0.3 is 0 Å². The van der Waals surface area contributed by atoms with Gasteiger partial charge in [-0.15, -0.1) is 0 Å². The maximum atomic E-state index is 11.8. The summed E-state index contributed by atoms with van der Waals surface area (Å²) in [7, 11) is 1.74. The SMILES string of the molecule is CCC(CC)CNC(=NC)NCc1ccc(C(=O)NCC(N)=O)cc1. The summed E-state index contributed by atoms with van der Waals surface area (Å²) in [6.07, 6.45) is 2.28. The second-order valence-corrected chi connectivity index (χ2v) is 5.84. The zero-order valence-corrected chi connectivity index (χ0v) is 15.3. The van der Waals surface area contributed by atoms with Crippen molar-refractivity contribution in [3.05, 3.63) is 35.4 Å². The third kappa shape index (κ3) is 7.69. The molecule has 7 nitrogen and oxygen atoms in total. The Balaban J connectivity index is 2.48. The second-order valence-electron chi connectivity index (χ2n) is 5.84. The van der Waals surface area contributed by atoms with E-state index in [1.807, 2.05) is 12.1 Å². The van der Waals surface area contributed by atoms with Crippen molar-refractivity contribution in [2.75, 3.05) is 20.1 Å². The van der Waals surface area contributed by atoms with Gasteiger partial charge in [0.1, 0.15) is 0 Å². The summed E-state index contributed by atoms with van der Waals surface area (Å²) in [6.45, 7) is 5.71. The number of benzene rings is 1. The van der Waals surface area contributed by atoms with E-state index in [1.54, 1.807) is 19.2 Å². The van der Waals surface area contributed by atoms with Crippen molar-refractivity contribution in [2.45, 2.75) is 33.2 Å². The van der Waals surface area contributed by atoms with Crippen LogP contribution in [0.2, 0.25) is 0 Å². The Kier molecular flexibility index (Phi) is 9.06. The lowest BCUT2D eigenvalue weighted by atomic mass is 10.0. The van der Waals surface area contributed by atoms with Crippen LogP contribution >= 0.6 is 0 Å². The van der Waals surface area contributed by atoms with E-state index < -0.39 is 5.91 Å². The molecule has 138 valence electrons. The minimum atomic E-state index is -0.568. The van der Waals surface area contributed by atoms with Gasteiger partial charge in [-0.2, -0.15) is 0 Å². The molecule has 0 saturated carbocycles.